The molecule has 0 radical (unpaired) electrons. The van der Waals surface area contributed by atoms with Crippen LogP contribution in [0.5, 0.6) is 5.75 Å². The van der Waals surface area contributed by atoms with Gasteiger partial charge in [0, 0.05) is 31.2 Å². The van der Waals surface area contributed by atoms with Crippen molar-refractivity contribution < 1.29 is 9.53 Å². The first-order valence-electron chi connectivity index (χ1n) is 11.4. The van der Waals surface area contributed by atoms with Crippen molar-refractivity contribution in [3.05, 3.63) is 65.4 Å². The maximum absolute atomic E-state index is 13.2. The molecule has 1 saturated heterocycles. The standard InChI is InChI=1S/C25H26ClN7O2/c1-17-4-8-19(9-5-17)33-23-21(29-30-33)22(27-16-28-23)31-12-14-32(15-13-31)24(34)25(2,3)35-20-10-6-18(26)7-11-20/h4-11,16H,12-15H2,1-3H3. The van der Waals surface area contributed by atoms with E-state index >= 15 is 0 Å². The smallest absolute Gasteiger partial charge is 0.266 e. The molecule has 10 heteroatoms. The zero-order valence-electron chi connectivity index (χ0n) is 19.8. The molecule has 1 aliphatic rings. The molecule has 0 bridgehead atoms. The van der Waals surface area contributed by atoms with Gasteiger partial charge in [-0.3, -0.25) is 4.79 Å². The van der Waals surface area contributed by atoms with Crippen molar-refractivity contribution in [2.24, 2.45) is 0 Å². The SMILES string of the molecule is Cc1ccc(-n2nnc3c(N4CCN(C(=O)C(C)(C)Oc5ccc(Cl)cc5)CC4)ncnc32)cc1. The molecule has 0 N–H and O–H groups in total. The van der Waals surface area contributed by atoms with Crippen molar-refractivity contribution in [2.75, 3.05) is 31.1 Å². The Morgan fingerprint density at radius 1 is 0.971 bits per heavy atom. The predicted octanol–water partition coefficient (Wildman–Crippen LogP) is 3.68. The van der Waals surface area contributed by atoms with E-state index in [9.17, 15) is 4.79 Å². The summed E-state index contributed by atoms with van der Waals surface area (Å²) in [5.41, 5.74) is 2.34. The number of piperazine rings is 1. The van der Waals surface area contributed by atoms with Gasteiger partial charge in [0.1, 0.15) is 12.1 Å². The van der Waals surface area contributed by atoms with E-state index in [2.05, 4.69) is 25.2 Å². The van der Waals surface area contributed by atoms with Crippen LogP contribution in [0.1, 0.15) is 19.4 Å². The zero-order chi connectivity index (χ0) is 24.6. The lowest BCUT2D eigenvalue weighted by atomic mass is 10.1. The lowest BCUT2D eigenvalue weighted by Gasteiger charge is -2.38. The summed E-state index contributed by atoms with van der Waals surface area (Å²) >= 11 is 5.95. The van der Waals surface area contributed by atoms with E-state index in [1.54, 1.807) is 42.8 Å². The Kier molecular flexibility index (Phi) is 6.02. The van der Waals surface area contributed by atoms with E-state index in [0.717, 1.165) is 11.5 Å². The number of aromatic nitrogens is 5. The van der Waals surface area contributed by atoms with Gasteiger partial charge in [0.15, 0.2) is 22.6 Å². The van der Waals surface area contributed by atoms with Gasteiger partial charge in [-0.1, -0.05) is 34.5 Å². The van der Waals surface area contributed by atoms with Gasteiger partial charge < -0.3 is 14.5 Å². The fourth-order valence-corrected chi connectivity index (χ4v) is 4.30. The average Bonchev–Trinajstić information content (AvgIpc) is 3.30. The zero-order valence-corrected chi connectivity index (χ0v) is 20.6. The van der Waals surface area contributed by atoms with Crippen molar-refractivity contribution >= 4 is 34.5 Å². The highest BCUT2D eigenvalue weighted by Gasteiger charge is 2.36. The van der Waals surface area contributed by atoms with Crippen molar-refractivity contribution in [1.29, 1.82) is 0 Å². The van der Waals surface area contributed by atoms with E-state index < -0.39 is 5.60 Å². The van der Waals surface area contributed by atoms with Crippen LogP contribution < -0.4 is 9.64 Å². The Morgan fingerprint density at radius 3 is 2.34 bits per heavy atom. The van der Waals surface area contributed by atoms with Crippen LogP contribution in [0.3, 0.4) is 0 Å². The fourth-order valence-electron chi connectivity index (χ4n) is 4.17. The Morgan fingerprint density at radius 2 is 1.66 bits per heavy atom. The quantitative estimate of drug-likeness (QED) is 0.420. The van der Waals surface area contributed by atoms with Crippen LogP contribution in [0.25, 0.3) is 16.9 Å². The second kappa shape index (κ2) is 9.14. The topological polar surface area (TPSA) is 89.3 Å². The summed E-state index contributed by atoms with van der Waals surface area (Å²) < 4.78 is 7.71. The number of aryl methyl sites for hydroxylation is 1. The summed E-state index contributed by atoms with van der Waals surface area (Å²) in [4.78, 5) is 26.1. The van der Waals surface area contributed by atoms with Gasteiger partial charge in [-0.2, -0.15) is 4.68 Å². The molecule has 1 fully saturated rings. The fraction of sp³-hybridized carbons (Fsp3) is 0.320. The van der Waals surface area contributed by atoms with Gasteiger partial charge in [-0.05, 0) is 57.2 Å². The van der Waals surface area contributed by atoms with Crippen molar-refractivity contribution in [3.8, 4) is 11.4 Å². The summed E-state index contributed by atoms with van der Waals surface area (Å²) in [6.45, 7) is 7.94. The molecule has 5 rings (SSSR count). The highest BCUT2D eigenvalue weighted by atomic mass is 35.5. The molecule has 1 amide bonds. The molecule has 4 aromatic rings. The number of carbonyl (C=O) groups excluding carboxylic acids is 1. The number of carbonyl (C=O) groups is 1. The first kappa shape index (κ1) is 23.0. The highest BCUT2D eigenvalue weighted by molar-refractivity contribution is 6.30. The van der Waals surface area contributed by atoms with Crippen molar-refractivity contribution in [3.63, 3.8) is 0 Å². The minimum absolute atomic E-state index is 0.0646. The third-order valence-electron chi connectivity index (χ3n) is 6.07. The number of hydrogen-bond acceptors (Lipinski definition) is 7. The molecule has 0 atom stereocenters. The largest absolute Gasteiger partial charge is 0.478 e. The monoisotopic (exact) mass is 491 g/mol. The first-order chi connectivity index (χ1) is 16.8. The number of fused-ring (bicyclic) bond motifs is 1. The molecule has 2 aromatic heterocycles. The minimum atomic E-state index is -1.01. The number of nitrogens with zero attached hydrogens (tertiary/aromatic N) is 7. The molecule has 0 saturated carbocycles. The minimum Gasteiger partial charge on any atom is -0.478 e. The Bertz CT molecular complexity index is 1340. The van der Waals surface area contributed by atoms with Gasteiger partial charge in [-0.15, -0.1) is 5.10 Å². The van der Waals surface area contributed by atoms with Crippen LogP contribution in [0.4, 0.5) is 5.82 Å². The molecule has 2 aromatic carbocycles. The van der Waals surface area contributed by atoms with E-state index in [0.29, 0.717) is 48.1 Å². The van der Waals surface area contributed by atoms with Gasteiger partial charge in [-0.25, -0.2) is 9.97 Å². The summed E-state index contributed by atoms with van der Waals surface area (Å²) in [6.07, 6.45) is 1.53. The van der Waals surface area contributed by atoms with E-state index in [1.165, 1.54) is 11.9 Å². The molecule has 180 valence electrons. The number of halogens is 1. The molecule has 0 aliphatic carbocycles. The predicted molar refractivity (Wildman–Crippen MR) is 134 cm³/mol. The molecule has 0 unspecified atom stereocenters. The van der Waals surface area contributed by atoms with Crippen LogP contribution in [-0.4, -0.2) is 67.5 Å². The number of ether oxygens (including phenoxy) is 1. The lowest BCUT2D eigenvalue weighted by molar-refractivity contribution is -0.145. The summed E-state index contributed by atoms with van der Waals surface area (Å²) in [5.74, 6) is 1.26. The van der Waals surface area contributed by atoms with E-state index in [-0.39, 0.29) is 5.91 Å². The number of anilines is 1. The molecule has 3 heterocycles. The van der Waals surface area contributed by atoms with Crippen LogP contribution in [-0.2, 0) is 4.79 Å². The maximum atomic E-state index is 13.2. The number of amides is 1. The van der Waals surface area contributed by atoms with Crippen LogP contribution in [0.15, 0.2) is 54.9 Å². The van der Waals surface area contributed by atoms with Crippen LogP contribution >= 0.6 is 11.6 Å². The number of hydrogen-bond donors (Lipinski definition) is 0. The molecule has 1 aliphatic heterocycles. The Hall–Kier alpha value is -3.72. The molecule has 9 nitrogen and oxygen atoms in total. The summed E-state index contributed by atoms with van der Waals surface area (Å²) in [7, 11) is 0. The average molecular weight is 492 g/mol. The third kappa shape index (κ3) is 4.64. The maximum Gasteiger partial charge on any atom is 0.266 e. The van der Waals surface area contributed by atoms with Crippen molar-refractivity contribution in [2.45, 2.75) is 26.4 Å². The highest BCUT2D eigenvalue weighted by Crippen LogP contribution is 2.26. The van der Waals surface area contributed by atoms with Gasteiger partial charge >= 0.3 is 0 Å². The molecule has 0 spiro atoms. The number of rotatable bonds is 5. The van der Waals surface area contributed by atoms with Crippen LogP contribution in [0, 0.1) is 6.92 Å². The molecule has 35 heavy (non-hydrogen) atoms. The van der Waals surface area contributed by atoms with Gasteiger partial charge in [0.25, 0.3) is 5.91 Å². The summed E-state index contributed by atoms with van der Waals surface area (Å²) in [5, 5.41) is 9.32. The normalized spacial score (nSPS) is 14.4. The van der Waals surface area contributed by atoms with Gasteiger partial charge in [0.2, 0.25) is 0 Å². The van der Waals surface area contributed by atoms with E-state index in [4.69, 9.17) is 16.3 Å². The summed E-state index contributed by atoms with van der Waals surface area (Å²) in [6, 6.07) is 15.0. The second-order valence-electron chi connectivity index (χ2n) is 9.05. The van der Waals surface area contributed by atoms with Gasteiger partial charge in [0.05, 0.1) is 5.69 Å². The molecular weight excluding hydrogens is 466 g/mol. The Balaban J connectivity index is 1.29. The third-order valence-corrected chi connectivity index (χ3v) is 6.32. The molecular formula is C25H26ClN7O2. The van der Waals surface area contributed by atoms with E-state index in [1.807, 2.05) is 36.1 Å². The Labute approximate surface area is 208 Å². The second-order valence-corrected chi connectivity index (χ2v) is 9.49. The van der Waals surface area contributed by atoms with Crippen LogP contribution in [0.2, 0.25) is 5.02 Å². The van der Waals surface area contributed by atoms with Crippen molar-refractivity contribution in [1.82, 2.24) is 29.9 Å². The lowest BCUT2D eigenvalue weighted by Crippen LogP contribution is -2.56. The first-order valence-corrected chi connectivity index (χ1v) is 11.8. The number of benzene rings is 2.